The van der Waals surface area contributed by atoms with Gasteiger partial charge in [-0.3, -0.25) is 14.7 Å². The van der Waals surface area contributed by atoms with Crippen molar-refractivity contribution in [2.24, 2.45) is 0 Å². The van der Waals surface area contributed by atoms with E-state index in [1.165, 1.54) is 18.4 Å². The molecule has 0 aliphatic carbocycles. The van der Waals surface area contributed by atoms with Gasteiger partial charge >= 0.3 is 5.97 Å². The number of thiophene rings is 1. The summed E-state index contributed by atoms with van der Waals surface area (Å²) < 4.78 is 4.72. The van der Waals surface area contributed by atoms with Gasteiger partial charge in [-0.2, -0.15) is 5.10 Å². The maximum atomic E-state index is 12.6. The lowest BCUT2D eigenvalue weighted by atomic mass is 10.1. The van der Waals surface area contributed by atoms with Crippen molar-refractivity contribution < 1.29 is 14.3 Å². The number of amides is 1. The second-order valence-electron chi connectivity index (χ2n) is 5.47. The second-order valence-corrected chi connectivity index (χ2v) is 6.85. The van der Waals surface area contributed by atoms with Crippen LogP contribution >= 0.6 is 22.9 Å². The maximum absolute atomic E-state index is 12.6. The lowest BCUT2D eigenvalue weighted by Crippen LogP contribution is -2.30. The van der Waals surface area contributed by atoms with E-state index in [-0.39, 0.29) is 18.0 Å². The van der Waals surface area contributed by atoms with E-state index < -0.39 is 12.0 Å². The summed E-state index contributed by atoms with van der Waals surface area (Å²) in [7, 11) is 1.32. The van der Waals surface area contributed by atoms with Gasteiger partial charge in [0.2, 0.25) is 0 Å². The molecule has 1 atom stereocenters. The molecule has 2 heterocycles. The van der Waals surface area contributed by atoms with Crippen LogP contribution in [-0.4, -0.2) is 29.2 Å². The molecule has 1 aromatic carbocycles. The molecule has 0 saturated heterocycles. The highest BCUT2D eigenvalue weighted by atomic mass is 35.5. The van der Waals surface area contributed by atoms with Crippen molar-refractivity contribution in [3.8, 4) is 11.3 Å². The molecule has 0 radical (unpaired) electrons. The van der Waals surface area contributed by atoms with E-state index in [4.69, 9.17) is 16.3 Å². The van der Waals surface area contributed by atoms with E-state index in [2.05, 4.69) is 15.5 Å². The molecule has 0 bridgehead atoms. The maximum Gasteiger partial charge on any atom is 0.307 e. The normalized spacial score (nSPS) is 11.8. The summed E-state index contributed by atoms with van der Waals surface area (Å²) in [5, 5.41) is 12.2. The number of aromatic nitrogens is 2. The number of nitrogens with one attached hydrogen (secondary N) is 2. The van der Waals surface area contributed by atoms with E-state index in [0.29, 0.717) is 10.7 Å². The van der Waals surface area contributed by atoms with Gasteiger partial charge in [0.1, 0.15) is 5.69 Å². The van der Waals surface area contributed by atoms with Crippen LogP contribution in [0.1, 0.15) is 27.8 Å². The van der Waals surface area contributed by atoms with E-state index in [0.717, 1.165) is 10.4 Å². The standard InChI is InChI=1S/C18H16ClN3O3S/c1-25-17(23)10-14(16-7-4-8-26-16)20-18(24)15-9-13(21-22-15)11-5-2-3-6-12(11)19/h2-9,14H,10H2,1H3,(H,20,24)(H,21,22). The van der Waals surface area contributed by atoms with Crippen LogP contribution in [0.2, 0.25) is 5.02 Å². The number of carbonyl (C=O) groups is 2. The molecule has 6 nitrogen and oxygen atoms in total. The number of rotatable bonds is 6. The van der Waals surface area contributed by atoms with Gasteiger partial charge in [0.25, 0.3) is 5.91 Å². The highest BCUT2D eigenvalue weighted by molar-refractivity contribution is 7.10. The van der Waals surface area contributed by atoms with Gasteiger partial charge in [0.05, 0.1) is 30.3 Å². The number of carbonyl (C=O) groups excluding carboxylic acids is 2. The van der Waals surface area contributed by atoms with E-state index >= 15 is 0 Å². The first-order valence-electron chi connectivity index (χ1n) is 7.80. The largest absolute Gasteiger partial charge is 0.469 e. The molecule has 26 heavy (non-hydrogen) atoms. The summed E-state index contributed by atoms with van der Waals surface area (Å²) in [5.41, 5.74) is 1.58. The molecule has 1 amide bonds. The van der Waals surface area contributed by atoms with Crippen LogP contribution in [0, 0.1) is 0 Å². The summed E-state index contributed by atoms with van der Waals surface area (Å²) in [6.45, 7) is 0. The molecule has 1 unspecified atom stereocenters. The monoisotopic (exact) mass is 389 g/mol. The Kier molecular flexibility index (Phi) is 5.70. The minimum absolute atomic E-state index is 0.0499. The summed E-state index contributed by atoms with van der Waals surface area (Å²) >= 11 is 7.63. The van der Waals surface area contributed by atoms with Crippen molar-refractivity contribution >= 4 is 34.8 Å². The topological polar surface area (TPSA) is 84.1 Å². The van der Waals surface area contributed by atoms with Crippen LogP contribution in [0.25, 0.3) is 11.3 Å². The van der Waals surface area contributed by atoms with Crippen molar-refractivity contribution in [1.82, 2.24) is 15.5 Å². The molecule has 2 N–H and O–H groups in total. The molecule has 134 valence electrons. The van der Waals surface area contributed by atoms with Crippen molar-refractivity contribution in [3.05, 3.63) is 63.4 Å². The number of ether oxygens (including phenoxy) is 1. The van der Waals surface area contributed by atoms with Crippen molar-refractivity contribution in [2.45, 2.75) is 12.5 Å². The van der Waals surface area contributed by atoms with Gasteiger partial charge in [-0.1, -0.05) is 35.9 Å². The van der Waals surface area contributed by atoms with Crippen LogP contribution in [0.5, 0.6) is 0 Å². The molecular formula is C18H16ClN3O3S. The fourth-order valence-corrected chi connectivity index (χ4v) is 3.45. The third-order valence-electron chi connectivity index (χ3n) is 3.76. The molecule has 0 fully saturated rings. The van der Waals surface area contributed by atoms with E-state index in [9.17, 15) is 9.59 Å². The predicted octanol–water partition coefficient (Wildman–Crippen LogP) is 3.83. The van der Waals surface area contributed by atoms with Gasteiger partial charge in [-0.25, -0.2) is 0 Å². The molecule has 3 rings (SSSR count). The van der Waals surface area contributed by atoms with Gasteiger partial charge in [-0.05, 0) is 23.6 Å². The van der Waals surface area contributed by atoms with Crippen molar-refractivity contribution in [1.29, 1.82) is 0 Å². The van der Waals surface area contributed by atoms with Gasteiger partial charge in [0, 0.05) is 10.4 Å². The Balaban J connectivity index is 1.78. The third-order valence-corrected chi connectivity index (χ3v) is 5.08. The number of hydrogen-bond donors (Lipinski definition) is 2. The summed E-state index contributed by atoms with van der Waals surface area (Å²) in [6.07, 6.45) is 0.0499. The lowest BCUT2D eigenvalue weighted by Gasteiger charge is -2.15. The van der Waals surface area contributed by atoms with Gasteiger partial charge in [0.15, 0.2) is 0 Å². The molecular weight excluding hydrogens is 374 g/mol. The first-order valence-corrected chi connectivity index (χ1v) is 9.05. The fraction of sp³-hybridized carbons (Fsp3) is 0.167. The first kappa shape index (κ1) is 18.2. The SMILES string of the molecule is COC(=O)CC(NC(=O)c1cc(-c2ccccc2Cl)n[nH]1)c1cccs1. The number of esters is 1. The number of hydrogen-bond acceptors (Lipinski definition) is 5. The van der Waals surface area contributed by atoms with Crippen molar-refractivity contribution in [2.75, 3.05) is 7.11 Å². The zero-order chi connectivity index (χ0) is 18.5. The smallest absolute Gasteiger partial charge is 0.307 e. The average Bonchev–Trinajstić information content (AvgIpc) is 3.33. The Bertz CT molecular complexity index is 908. The van der Waals surface area contributed by atoms with E-state index in [1.54, 1.807) is 12.1 Å². The Morgan fingerprint density at radius 1 is 1.31 bits per heavy atom. The summed E-state index contributed by atoms with van der Waals surface area (Å²) in [6, 6.07) is 12.1. The van der Waals surface area contributed by atoms with Crippen molar-refractivity contribution in [3.63, 3.8) is 0 Å². The van der Waals surface area contributed by atoms with Crippen LogP contribution < -0.4 is 5.32 Å². The second kappa shape index (κ2) is 8.16. The highest BCUT2D eigenvalue weighted by Gasteiger charge is 2.22. The molecule has 0 aliphatic rings. The molecule has 3 aromatic rings. The minimum Gasteiger partial charge on any atom is -0.469 e. The molecule has 8 heteroatoms. The zero-order valence-corrected chi connectivity index (χ0v) is 15.4. The average molecular weight is 390 g/mol. The Labute approximate surface area is 159 Å². The van der Waals surface area contributed by atoms with Crippen LogP contribution in [0.4, 0.5) is 0 Å². The van der Waals surface area contributed by atoms with Crippen LogP contribution in [-0.2, 0) is 9.53 Å². The number of halogens is 1. The van der Waals surface area contributed by atoms with Crippen LogP contribution in [0.3, 0.4) is 0 Å². The van der Waals surface area contributed by atoms with Gasteiger partial charge < -0.3 is 10.1 Å². The number of H-pyrrole nitrogens is 1. The molecule has 0 aliphatic heterocycles. The molecule has 0 spiro atoms. The predicted molar refractivity (Wildman–Crippen MR) is 100 cm³/mol. The number of benzene rings is 1. The fourth-order valence-electron chi connectivity index (χ4n) is 2.44. The Morgan fingerprint density at radius 2 is 2.12 bits per heavy atom. The first-order chi connectivity index (χ1) is 12.6. The molecule has 0 saturated carbocycles. The number of methoxy groups -OCH3 is 1. The minimum atomic E-state index is -0.470. The molecule has 2 aromatic heterocycles. The highest BCUT2D eigenvalue weighted by Crippen LogP contribution is 2.27. The zero-order valence-electron chi connectivity index (χ0n) is 13.9. The Hall–Kier alpha value is -2.64. The Morgan fingerprint density at radius 3 is 2.81 bits per heavy atom. The number of nitrogens with zero attached hydrogens (tertiary/aromatic N) is 1. The quantitative estimate of drug-likeness (QED) is 0.627. The summed E-state index contributed by atoms with van der Waals surface area (Å²) in [5.74, 6) is -0.761. The third kappa shape index (κ3) is 4.12. The number of aromatic amines is 1. The van der Waals surface area contributed by atoms with E-state index in [1.807, 2.05) is 35.7 Å². The summed E-state index contributed by atoms with van der Waals surface area (Å²) in [4.78, 5) is 25.1. The lowest BCUT2D eigenvalue weighted by molar-refractivity contribution is -0.141. The van der Waals surface area contributed by atoms with Gasteiger partial charge in [-0.15, -0.1) is 11.3 Å². The van der Waals surface area contributed by atoms with Crippen LogP contribution in [0.15, 0.2) is 47.8 Å².